The molecule has 0 aliphatic rings. The Hall–Kier alpha value is -2.55. The molecule has 0 saturated carbocycles. The van der Waals surface area contributed by atoms with Gasteiger partial charge in [-0.25, -0.2) is 0 Å². The molecule has 0 fully saturated rings. The fourth-order valence-electron chi connectivity index (χ4n) is 2.50. The summed E-state index contributed by atoms with van der Waals surface area (Å²) in [6.07, 6.45) is 0.967. The topological polar surface area (TPSA) is 38.0 Å². The quantitative estimate of drug-likeness (QED) is 0.771. The largest absolute Gasteiger partial charge is 0.504 e. The van der Waals surface area contributed by atoms with Crippen molar-refractivity contribution in [2.75, 3.05) is 0 Å². The Labute approximate surface area is 124 Å². The van der Waals surface area contributed by atoms with Crippen LogP contribution in [0.2, 0.25) is 0 Å². The van der Waals surface area contributed by atoms with Crippen LogP contribution in [-0.4, -0.2) is 14.9 Å². The van der Waals surface area contributed by atoms with Gasteiger partial charge in [0, 0.05) is 17.7 Å². The van der Waals surface area contributed by atoms with Gasteiger partial charge >= 0.3 is 0 Å². The molecule has 2 aromatic carbocycles. The first-order chi connectivity index (χ1) is 10.3. The van der Waals surface area contributed by atoms with Gasteiger partial charge in [0.2, 0.25) is 0 Å². The van der Waals surface area contributed by atoms with E-state index in [2.05, 4.69) is 12.0 Å². The van der Waals surface area contributed by atoms with Crippen LogP contribution in [0.5, 0.6) is 5.75 Å². The van der Waals surface area contributed by atoms with Crippen LogP contribution in [-0.2, 0) is 6.54 Å². The van der Waals surface area contributed by atoms with Gasteiger partial charge in [0.05, 0.1) is 0 Å². The van der Waals surface area contributed by atoms with E-state index in [0.29, 0.717) is 5.69 Å². The Kier molecular flexibility index (Phi) is 3.73. The lowest BCUT2D eigenvalue weighted by Gasteiger charge is -2.06. The normalized spacial score (nSPS) is 10.7. The molecule has 0 aliphatic heterocycles. The molecule has 3 nitrogen and oxygen atoms in total. The molecule has 3 heteroatoms. The molecule has 0 aliphatic carbocycles. The minimum absolute atomic E-state index is 0.251. The average Bonchev–Trinajstić information content (AvgIpc) is 2.86. The third kappa shape index (κ3) is 2.55. The van der Waals surface area contributed by atoms with E-state index in [4.69, 9.17) is 0 Å². The van der Waals surface area contributed by atoms with E-state index in [1.54, 1.807) is 0 Å². The summed E-state index contributed by atoms with van der Waals surface area (Å²) in [7, 11) is 0. The number of benzene rings is 2. The molecular formula is C18H18N2O. The van der Waals surface area contributed by atoms with E-state index in [9.17, 15) is 5.11 Å². The van der Waals surface area contributed by atoms with E-state index in [1.807, 2.05) is 65.3 Å². The van der Waals surface area contributed by atoms with Gasteiger partial charge in [-0.2, -0.15) is 5.10 Å². The van der Waals surface area contributed by atoms with Gasteiger partial charge in [0.15, 0.2) is 5.75 Å². The van der Waals surface area contributed by atoms with Crippen LogP contribution in [0, 0.1) is 0 Å². The zero-order chi connectivity index (χ0) is 14.7. The van der Waals surface area contributed by atoms with Crippen LogP contribution in [0.4, 0.5) is 0 Å². The van der Waals surface area contributed by atoms with Gasteiger partial charge in [0.25, 0.3) is 0 Å². The molecule has 106 valence electrons. The summed E-state index contributed by atoms with van der Waals surface area (Å²) in [5.74, 6) is 0.251. The van der Waals surface area contributed by atoms with Crippen molar-refractivity contribution < 1.29 is 5.11 Å². The van der Waals surface area contributed by atoms with Crippen molar-refractivity contribution in [3.05, 3.63) is 60.7 Å². The van der Waals surface area contributed by atoms with Crippen molar-refractivity contribution in [1.82, 2.24) is 9.78 Å². The first kappa shape index (κ1) is 13.4. The summed E-state index contributed by atoms with van der Waals surface area (Å²) >= 11 is 0. The third-order valence-electron chi connectivity index (χ3n) is 3.46. The SMILES string of the molecule is CCCn1nc(-c2ccccc2)c(O)c1-c1ccccc1. The summed E-state index contributed by atoms with van der Waals surface area (Å²) < 4.78 is 1.90. The zero-order valence-electron chi connectivity index (χ0n) is 12.0. The van der Waals surface area contributed by atoms with E-state index in [-0.39, 0.29) is 5.75 Å². The van der Waals surface area contributed by atoms with Gasteiger partial charge in [-0.1, -0.05) is 67.6 Å². The van der Waals surface area contributed by atoms with Gasteiger partial charge in [0.1, 0.15) is 11.4 Å². The summed E-state index contributed by atoms with van der Waals surface area (Å²) in [6.45, 7) is 2.89. The first-order valence-electron chi connectivity index (χ1n) is 7.22. The smallest absolute Gasteiger partial charge is 0.169 e. The molecule has 0 unspecified atom stereocenters. The summed E-state index contributed by atoms with van der Waals surface area (Å²) in [5.41, 5.74) is 3.35. The first-order valence-corrected chi connectivity index (χ1v) is 7.22. The Balaban J connectivity index is 2.17. The molecule has 0 saturated heterocycles. The molecule has 3 rings (SSSR count). The molecule has 1 heterocycles. The second-order valence-electron chi connectivity index (χ2n) is 5.00. The highest BCUT2D eigenvalue weighted by molar-refractivity contribution is 5.77. The highest BCUT2D eigenvalue weighted by Gasteiger charge is 2.19. The zero-order valence-corrected chi connectivity index (χ0v) is 12.0. The number of aromatic nitrogens is 2. The third-order valence-corrected chi connectivity index (χ3v) is 3.46. The van der Waals surface area contributed by atoms with Gasteiger partial charge < -0.3 is 5.11 Å². The fraction of sp³-hybridized carbons (Fsp3) is 0.167. The maximum Gasteiger partial charge on any atom is 0.169 e. The predicted molar refractivity (Wildman–Crippen MR) is 85.1 cm³/mol. The van der Waals surface area contributed by atoms with Gasteiger partial charge in [-0.15, -0.1) is 0 Å². The summed E-state index contributed by atoms with van der Waals surface area (Å²) in [5, 5.41) is 15.3. The number of hydrogen-bond donors (Lipinski definition) is 1. The monoisotopic (exact) mass is 278 g/mol. The molecule has 0 amide bonds. The van der Waals surface area contributed by atoms with Crippen molar-refractivity contribution in [2.45, 2.75) is 19.9 Å². The number of aryl methyl sites for hydroxylation is 1. The molecule has 3 aromatic rings. The number of rotatable bonds is 4. The molecule has 21 heavy (non-hydrogen) atoms. The molecule has 1 N–H and O–H groups in total. The van der Waals surface area contributed by atoms with Crippen molar-refractivity contribution in [3.63, 3.8) is 0 Å². The molecular weight excluding hydrogens is 260 g/mol. The Bertz CT molecular complexity index is 718. The van der Waals surface area contributed by atoms with Crippen molar-refractivity contribution in [2.24, 2.45) is 0 Å². The van der Waals surface area contributed by atoms with Crippen LogP contribution in [0.25, 0.3) is 22.5 Å². The van der Waals surface area contributed by atoms with Crippen LogP contribution in [0.1, 0.15) is 13.3 Å². The number of nitrogens with zero attached hydrogens (tertiary/aromatic N) is 2. The maximum absolute atomic E-state index is 10.7. The van der Waals surface area contributed by atoms with E-state index < -0.39 is 0 Å². The van der Waals surface area contributed by atoms with Gasteiger partial charge in [-0.3, -0.25) is 4.68 Å². The fourth-order valence-corrected chi connectivity index (χ4v) is 2.50. The second kappa shape index (κ2) is 5.83. The second-order valence-corrected chi connectivity index (χ2v) is 5.00. The molecule has 1 aromatic heterocycles. The maximum atomic E-state index is 10.7. The van der Waals surface area contributed by atoms with Crippen molar-refractivity contribution >= 4 is 0 Å². The lowest BCUT2D eigenvalue weighted by Crippen LogP contribution is -2.01. The molecule has 0 spiro atoms. The number of hydrogen-bond acceptors (Lipinski definition) is 2. The average molecular weight is 278 g/mol. The Morgan fingerprint density at radius 1 is 0.905 bits per heavy atom. The van der Waals surface area contributed by atoms with E-state index in [0.717, 1.165) is 29.8 Å². The number of aromatic hydroxyl groups is 1. The Morgan fingerprint density at radius 3 is 2.05 bits per heavy atom. The Morgan fingerprint density at radius 2 is 1.48 bits per heavy atom. The predicted octanol–water partition coefficient (Wildman–Crippen LogP) is 4.33. The van der Waals surface area contributed by atoms with Crippen LogP contribution < -0.4 is 0 Å². The summed E-state index contributed by atoms with van der Waals surface area (Å²) in [6, 6.07) is 19.7. The van der Waals surface area contributed by atoms with Crippen LogP contribution in [0.3, 0.4) is 0 Å². The van der Waals surface area contributed by atoms with Crippen LogP contribution in [0.15, 0.2) is 60.7 Å². The molecule has 0 atom stereocenters. The van der Waals surface area contributed by atoms with Gasteiger partial charge in [-0.05, 0) is 6.42 Å². The van der Waals surface area contributed by atoms with Crippen molar-refractivity contribution in [3.8, 4) is 28.3 Å². The standard InChI is InChI=1S/C18H18N2O/c1-2-13-20-17(15-11-7-4-8-12-15)18(21)16(19-20)14-9-5-3-6-10-14/h3-12,21H,2,13H2,1H3. The summed E-state index contributed by atoms with van der Waals surface area (Å²) in [4.78, 5) is 0. The highest BCUT2D eigenvalue weighted by atomic mass is 16.3. The minimum atomic E-state index is 0.251. The van der Waals surface area contributed by atoms with E-state index in [1.165, 1.54) is 0 Å². The molecule has 0 radical (unpaired) electrons. The lowest BCUT2D eigenvalue weighted by molar-refractivity contribution is 0.477. The highest BCUT2D eigenvalue weighted by Crippen LogP contribution is 2.37. The lowest BCUT2D eigenvalue weighted by atomic mass is 10.1. The van der Waals surface area contributed by atoms with Crippen LogP contribution >= 0.6 is 0 Å². The van der Waals surface area contributed by atoms with E-state index >= 15 is 0 Å². The van der Waals surface area contributed by atoms with Crippen molar-refractivity contribution in [1.29, 1.82) is 0 Å². The minimum Gasteiger partial charge on any atom is -0.504 e. The molecule has 0 bridgehead atoms.